The number of amides is 1. The van der Waals surface area contributed by atoms with Crippen molar-refractivity contribution in [3.8, 4) is 5.75 Å². The average molecular weight is 358 g/mol. The average Bonchev–Trinajstić information content (AvgIpc) is 2.58. The van der Waals surface area contributed by atoms with Crippen molar-refractivity contribution in [3.63, 3.8) is 0 Å². The lowest BCUT2D eigenvalue weighted by atomic mass is 10.1. The Labute approximate surface area is 152 Å². The van der Waals surface area contributed by atoms with Crippen LogP contribution in [-0.4, -0.2) is 31.5 Å². The van der Waals surface area contributed by atoms with Gasteiger partial charge in [-0.25, -0.2) is 0 Å². The minimum Gasteiger partial charge on any atom is -0.497 e. The van der Waals surface area contributed by atoms with E-state index < -0.39 is 4.92 Å². The zero-order chi connectivity index (χ0) is 19.3. The second kappa shape index (κ2) is 8.44. The maximum Gasteiger partial charge on any atom is 0.293 e. The summed E-state index contributed by atoms with van der Waals surface area (Å²) in [5.41, 5.74) is 2.93. The smallest absolute Gasteiger partial charge is 0.293 e. The van der Waals surface area contributed by atoms with Gasteiger partial charge in [-0.05, 0) is 55.3 Å². The van der Waals surface area contributed by atoms with Crippen LogP contribution in [0.5, 0.6) is 5.75 Å². The van der Waals surface area contributed by atoms with E-state index in [1.807, 2.05) is 38.2 Å². The van der Waals surface area contributed by atoms with Gasteiger partial charge in [0.15, 0.2) is 6.54 Å². The van der Waals surface area contributed by atoms with E-state index in [4.69, 9.17) is 4.74 Å². The Bertz CT molecular complexity index is 803. The molecule has 1 amide bonds. The highest BCUT2D eigenvalue weighted by Gasteiger charge is 2.19. The van der Waals surface area contributed by atoms with E-state index in [2.05, 4.69) is 5.32 Å². The maximum absolute atomic E-state index is 12.3. The molecule has 0 spiro atoms. The molecule has 0 bridgehead atoms. The van der Waals surface area contributed by atoms with Gasteiger partial charge in [0.2, 0.25) is 0 Å². The largest absolute Gasteiger partial charge is 0.497 e. The van der Waals surface area contributed by atoms with Gasteiger partial charge in [-0.2, -0.15) is 0 Å². The lowest BCUT2D eigenvalue weighted by Gasteiger charge is -2.15. The molecule has 7 heteroatoms. The summed E-state index contributed by atoms with van der Waals surface area (Å²) in [6, 6.07) is 10.8. The number of nitro benzene ring substituents is 1. The molecule has 2 aromatic carbocycles. The van der Waals surface area contributed by atoms with Crippen molar-refractivity contribution < 1.29 is 19.4 Å². The molecule has 1 atom stereocenters. The Morgan fingerprint density at radius 3 is 2.38 bits per heavy atom. The molecule has 0 fully saturated rings. The maximum atomic E-state index is 12.3. The second-order valence-corrected chi connectivity index (χ2v) is 6.42. The highest BCUT2D eigenvalue weighted by Crippen LogP contribution is 2.27. The predicted molar refractivity (Wildman–Crippen MR) is 99.7 cm³/mol. The number of nitro groups is 1. The standard InChI is InChI=1S/C19H23N3O4/c1-13-9-17(18(22(24)25)10-14(13)2)20-19(23)12-21(3)11-15-5-7-16(26-4)8-6-15/h5-10H,11-12H2,1-4H3,(H,20,23)/p+1. The van der Waals surface area contributed by atoms with Crippen LogP contribution in [-0.2, 0) is 11.3 Å². The molecule has 0 aliphatic heterocycles. The number of carbonyl (C=O) groups excluding carboxylic acids is 1. The number of ether oxygens (including phenoxy) is 1. The minimum atomic E-state index is -0.476. The normalized spacial score (nSPS) is 11.7. The molecule has 0 saturated heterocycles. The van der Waals surface area contributed by atoms with E-state index in [0.717, 1.165) is 27.3 Å². The van der Waals surface area contributed by atoms with Crippen LogP contribution in [0.4, 0.5) is 11.4 Å². The molecule has 0 aliphatic rings. The summed E-state index contributed by atoms with van der Waals surface area (Å²) in [7, 11) is 3.52. The highest BCUT2D eigenvalue weighted by atomic mass is 16.6. The van der Waals surface area contributed by atoms with Crippen molar-refractivity contribution in [3.05, 3.63) is 63.2 Å². The summed E-state index contributed by atoms with van der Waals surface area (Å²) in [6.07, 6.45) is 0. The third-order valence-electron chi connectivity index (χ3n) is 4.21. The van der Waals surface area contributed by atoms with Gasteiger partial charge in [0, 0.05) is 11.6 Å². The number of hydrogen-bond acceptors (Lipinski definition) is 4. The van der Waals surface area contributed by atoms with Gasteiger partial charge in [-0.1, -0.05) is 0 Å². The number of aryl methyl sites for hydroxylation is 2. The van der Waals surface area contributed by atoms with Crippen molar-refractivity contribution in [2.75, 3.05) is 26.0 Å². The lowest BCUT2D eigenvalue weighted by Crippen LogP contribution is -3.08. The summed E-state index contributed by atoms with van der Waals surface area (Å²) < 4.78 is 5.13. The third kappa shape index (κ3) is 5.03. The van der Waals surface area contributed by atoms with Crippen LogP contribution < -0.4 is 15.0 Å². The van der Waals surface area contributed by atoms with Crippen molar-refractivity contribution >= 4 is 17.3 Å². The molecular formula is C19H24N3O4+. The number of rotatable bonds is 7. The molecular weight excluding hydrogens is 334 g/mol. The van der Waals surface area contributed by atoms with E-state index >= 15 is 0 Å². The Morgan fingerprint density at radius 1 is 1.19 bits per heavy atom. The summed E-state index contributed by atoms with van der Waals surface area (Å²) >= 11 is 0. The van der Waals surface area contributed by atoms with Crippen molar-refractivity contribution in [1.29, 1.82) is 0 Å². The number of hydrogen-bond donors (Lipinski definition) is 2. The fourth-order valence-electron chi connectivity index (χ4n) is 2.67. The van der Waals surface area contributed by atoms with Gasteiger partial charge in [-0.15, -0.1) is 0 Å². The first-order chi connectivity index (χ1) is 12.3. The number of carbonyl (C=O) groups is 1. The van der Waals surface area contributed by atoms with E-state index in [1.54, 1.807) is 20.1 Å². The molecule has 0 heterocycles. The monoisotopic (exact) mass is 358 g/mol. The molecule has 2 rings (SSSR count). The summed E-state index contributed by atoms with van der Waals surface area (Å²) in [6.45, 7) is 4.53. The van der Waals surface area contributed by atoms with E-state index in [1.165, 1.54) is 6.07 Å². The number of quaternary nitrogens is 1. The van der Waals surface area contributed by atoms with Crippen LogP contribution in [0.1, 0.15) is 16.7 Å². The molecule has 2 N–H and O–H groups in total. The Kier molecular flexibility index (Phi) is 6.30. The first-order valence-corrected chi connectivity index (χ1v) is 8.30. The molecule has 0 aliphatic carbocycles. The highest BCUT2D eigenvalue weighted by molar-refractivity contribution is 5.94. The van der Waals surface area contributed by atoms with Gasteiger partial charge >= 0.3 is 0 Å². The van der Waals surface area contributed by atoms with E-state index in [0.29, 0.717) is 6.54 Å². The Hall–Kier alpha value is -2.93. The van der Waals surface area contributed by atoms with E-state index in [-0.39, 0.29) is 23.8 Å². The number of nitrogens with zero attached hydrogens (tertiary/aromatic N) is 1. The summed E-state index contributed by atoms with van der Waals surface area (Å²) in [4.78, 5) is 24.0. The minimum absolute atomic E-state index is 0.0887. The molecule has 7 nitrogen and oxygen atoms in total. The van der Waals surface area contributed by atoms with Crippen molar-refractivity contribution in [1.82, 2.24) is 0 Å². The summed E-state index contributed by atoms with van der Waals surface area (Å²) in [5.74, 6) is 0.522. The van der Waals surface area contributed by atoms with Gasteiger partial charge in [0.25, 0.3) is 11.6 Å². The molecule has 138 valence electrons. The second-order valence-electron chi connectivity index (χ2n) is 6.42. The van der Waals surface area contributed by atoms with E-state index in [9.17, 15) is 14.9 Å². The van der Waals surface area contributed by atoms with Crippen LogP contribution in [0, 0.1) is 24.0 Å². The zero-order valence-electron chi connectivity index (χ0n) is 15.5. The van der Waals surface area contributed by atoms with Crippen LogP contribution >= 0.6 is 0 Å². The van der Waals surface area contributed by atoms with Crippen molar-refractivity contribution in [2.45, 2.75) is 20.4 Å². The molecule has 0 aromatic heterocycles. The number of methoxy groups -OCH3 is 1. The first kappa shape index (κ1) is 19.4. The topological polar surface area (TPSA) is 85.9 Å². The molecule has 0 saturated carbocycles. The fourth-order valence-corrected chi connectivity index (χ4v) is 2.67. The van der Waals surface area contributed by atoms with Crippen LogP contribution in [0.2, 0.25) is 0 Å². The Morgan fingerprint density at radius 2 is 1.81 bits per heavy atom. The summed E-state index contributed by atoms with van der Waals surface area (Å²) in [5, 5.41) is 13.9. The third-order valence-corrected chi connectivity index (χ3v) is 4.21. The molecule has 2 aromatic rings. The molecule has 26 heavy (non-hydrogen) atoms. The lowest BCUT2D eigenvalue weighted by molar-refractivity contribution is -0.885. The van der Waals surface area contributed by atoms with Crippen LogP contribution in [0.3, 0.4) is 0 Å². The number of benzene rings is 2. The quantitative estimate of drug-likeness (QED) is 0.584. The van der Waals surface area contributed by atoms with Crippen molar-refractivity contribution in [2.24, 2.45) is 0 Å². The van der Waals surface area contributed by atoms with Gasteiger partial charge in [0.1, 0.15) is 18.0 Å². The zero-order valence-corrected chi connectivity index (χ0v) is 15.5. The van der Waals surface area contributed by atoms with Crippen LogP contribution in [0.25, 0.3) is 0 Å². The molecule has 0 radical (unpaired) electrons. The fraction of sp³-hybridized carbons (Fsp3) is 0.316. The van der Waals surface area contributed by atoms with Gasteiger partial charge in [-0.3, -0.25) is 14.9 Å². The number of likely N-dealkylation sites (N-methyl/N-ethyl adjacent to an activating group) is 1. The molecule has 1 unspecified atom stereocenters. The Balaban J connectivity index is 2.01. The SMILES string of the molecule is COc1ccc(C[NH+](C)CC(=O)Nc2cc(C)c(C)cc2[N+](=O)[O-])cc1. The van der Waals surface area contributed by atoms with Gasteiger partial charge < -0.3 is 15.0 Å². The van der Waals surface area contributed by atoms with Crippen LogP contribution in [0.15, 0.2) is 36.4 Å². The first-order valence-electron chi connectivity index (χ1n) is 8.30. The van der Waals surface area contributed by atoms with Gasteiger partial charge in [0.05, 0.1) is 19.1 Å². The predicted octanol–water partition coefficient (Wildman–Crippen LogP) is 1.87. The number of anilines is 1. The number of nitrogens with one attached hydrogen (secondary N) is 2.